The molecule has 0 atom stereocenters. The van der Waals surface area contributed by atoms with Gasteiger partial charge in [0.2, 0.25) is 0 Å². The molecule has 5 rings (SSSR count). The van der Waals surface area contributed by atoms with Crippen LogP contribution in [0.4, 0.5) is 0 Å². The van der Waals surface area contributed by atoms with E-state index < -0.39 is 11.5 Å². The van der Waals surface area contributed by atoms with Gasteiger partial charge in [-0.3, -0.25) is 14.7 Å². The molecule has 160 valence electrons. The van der Waals surface area contributed by atoms with Crippen molar-refractivity contribution < 1.29 is 14.3 Å². The van der Waals surface area contributed by atoms with Crippen LogP contribution in [0.15, 0.2) is 41.5 Å². The summed E-state index contributed by atoms with van der Waals surface area (Å²) >= 11 is 0. The number of rotatable bonds is 3. The van der Waals surface area contributed by atoms with Crippen LogP contribution in [0.3, 0.4) is 0 Å². The Morgan fingerprint density at radius 2 is 1.94 bits per heavy atom. The molecule has 1 fully saturated rings. The Balaban J connectivity index is 1.37. The second kappa shape index (κ2) is 7.37. The van der Waals surface area contributed by atoms with Crippen LogP contribution >= 0.6 is 0 Å². The molecule has 2 aliphatic rings. The maximum absolute atomic E-state index is 13.1. The molecule has 3 heterocycles. The molecule has 0 bridgehead atoms. The predicted molar refractivity (Wildman–Crippen MR) is 113 cm³/mol. The zero-order chi connectivity index (χ0) is 21.6. The van der Waals surface area contributed by atoms with Gasteiger partial charge in [0, 0.05) is 25.5 Å². The quantitative estimate of drug-likeness (QED) is 0.656. The SMILES string of the molecule is CCOC(=O)c1c[nH]n2c(=O)c(C(=O)N3CCC4(CCc5ccccc54)CC3)cnc12. The number of aryl methyl sites for hydroxylation is 1. The number of H-pyrrole nitrogens is 1. The zero-order valence-corrected chi connectivity index (χ0v) is 17.4. The molecular formula is C23H24N4O4. The molecule has 1 aliphatic carbocycles. The number of benzene rings is 1. The Bertz CT molecular complexity index is 1230. The topological polar surface area (TPSA) is 96.8 Å². The van der Waals surface area contributed by atoms with Crippen molar-refractivity contribution in [1.29, 1.82) is 0 Å². The third-order valence-electron chi connectivity index (χ3n) is 6.74. The summed E-state index contributed by atoms with van der Waals surface area (Å²) in [5, 5.41) is 2.71. The first-order valence-corrected chi connectivity index (χ1v) is 10.7. The number of piperidine rings is 1. The highest BCUT2D eigenvalue weighted by atomic mass is 16.5. The number of nitrogens with one attached hydrogen (secondary N) is 1. The van der Waals surface area contributed by atoms with Crippen LogP contribution in [-0.2, 0) is 16.6 Å². The Kier molecular flexibility index (Phi) is 4.64. The number of aromatic amines is 1. The number of nitrogens with zero attached hydrogens (tertiary/aromatic N) is 3. The van der Waals surface area contributed by atoms with Crippen molar-refractivity contribution in [2.75, 3.05) is 19.7 Å². The maximum Gasteiger partial charge on any atom is 0.343 e. The predicted octanol–water partition coefficient (Wildman–Crippen LogP) is 2.32. The summed E-state index contributed by atoms with van der Waals surface area (Å²) in [5.74, 6) is -0.884. The maximum atomic E-state index is 13.1. The first-order valence-electron chi connectivity index (χ1n) is 10.7. The van der Waals surface area contributed by atoms with Crippen molar-refractivity contribution in [2.45, 2.75) is 38.0 Å². The smallest absolute Gasteiger partial charge is 0.343 e. The van der Waals surface area contributed by atoms with E-state index >= 15 is 0 Å². The molecule has 0 radical (unpaired) electrons. The number of amides is 1. The summed E-state index contributed by atoms with van der Waals surface area (Å²) in [6.07, 6.45) is 6.62. The number of hydrogen-bond acceptors (Lipinski definition) is 5. The molecule has 1 saturated heterocycles. The summed E-state index contributed by atoms with van der Waals surface area (Å²) in [5.41, 5.74) is 2.77. The van der Waals surface area contributed by atoms with E-state index in [4.69, 9.17) is 4.74 Å². The number of carbonyl (C=O) groups excluding carboxylic acids is 2. The van der Waals surface area contributed by atoms with Crippen LogP contribution in [0.25, 0.3) is 5.65 Å². The molecule has 0 saturated carbocycles. The minimum Gasteiger partial charge on any atom is -0.462 e. The van der Waals surface area contributed by atoms with Crippen molar-refractivity contribution in [3.8, 4) is 0 Å². The number of carbonyl (C=O) groups is 2. The second-order valence-corrected chi connectivity index (χ2v) is 8.27. The monoisotopic (exact) mass is 420 g/mol. The molecule has 31 heavy (non-hydrogen) atoms. The van der Waals surface area contributed by atoms with Gasteiger partial charge in [0.05, 0.1) is 6.61 Å². The van der Waals surface area contributed by atoms with Gasteiger partial charge in [0.25, 0.3) is 11.5 Å². The Labute approximate surface area is 178 Å². The third-order valence-corrected chi connectivity index (χ3v) is 6.74. The van der Waals surface area contributed by atoms with Gasteiger partial charge in [0.15, 0.2) is 5.65 Å². The molecular weight excluding hydrogens is 396 g/mol. The first-order chi connectivity index (χ1) is 15.0. The van der Waals surface area contributed by atoms with Crippen LogP contribution in [0.2, 0.25) is 0 Å². The molecule has 8 heteroatoms. The minimum absolute atomic E-state index is 0.00229. The summed E-state index contributed by atoms with van der Waals surface area (Å²) in [6, 6.07) is 8.59. The average Bonchev–Trinajstić information content (AvgIpc) is 3.38. The lowest BCUT2D eigenvalue weighted by Gasteiger charge is -2.40. The van der Waals surface area contributed by atoms with Gasteiger partial charge in [-0.25, -0.2) is 14.3 Å². The van der Waals surface area contributed by atoms with Crippen molar-refractivity contribution in [3.05, 3.63) is 69.3 Å². The molecule has 3 aromatic rings. The largest absolute Gasteiger partial charge is 0.462 e. The molecule has 1 aliphatic heterocycles. The number of aromatic nitrogens is 3. The minimum atomic E-state index is -0.564. The lowest BCUT2D eigenvalue weighted by molar-refractivity contribution is 0.0528. The Morgan fingerprint density at radius 3 is 2.71 bits per heavy atom. The van der Waals surface area contributed by atoms with Crippen LogP contribution in [-0.4, -0.2) is 51.1 Å². The highest BCUT2D eigenvalue weighted by Gasteiger charge is 2.42. The van der Waals surface area contributed by atoms with Gasteiger partial charge in [-0.2, -0.15) is 0 Å². The molecule has 2 aromatic heterocycles. The highest BCUT2D eigenvalue weighted by molar-refractivity contribution is 5.97. The van der Waals surface area contributed by atoms with Crippen molar-refractivity contribution in [2.24, 2.45) is 0 Å². The Morgan fingerprint density at radius 1 is 1.16 bits per heavy atom. The lowest BCUT2D eigenvalue weighted by Crippen LogP contribution is -2.45. The average molecular weight is 420 g/mol. The zero-order valence-electron chi connectivity index (χ0n) is 17.4. The first kappa shape index (κ1) is 19.5. The number of ether oxygens (including phenoxy) is 1. The number of likely N-dealkylation sites (tertiary alicyclic amines) is 1. The van der Waals surface area contributed by atoms with E-state index in [0.29, 0.717) is 13.1 Å². The van der Waals surface area contributed by atoms with Gasteiger partial charge >= 0.3 is 5.97 Å². The van der Waals surface area contributed by atoms with Gasteiger partial charge in [-0.15, -0.1) is 0 Å². The van der Waals surface area contributed by atoms with E-state index in [-0.39, 0.29) is 34.7 Å². The van der Waals surface area contributed by atoms with Crippen LogP contribution in [0, 0.1) is 0 Å². The van der Waals surface area contributed by atoms with E-state index in [1.54, 1.807) is 11.8 Å². The van der Waals surface area contributed by atoms with E-state index in [1.165, 1.54) is 23.5 Å². The van der Waals surface area contributed by atoms with E-state index in [2.05, 4.69) is 34.3 Å². The summed E-state index contributed by atoms with van der Waals surface area (Å²) in [4.78, 5) is 44.0. The number of esters is 1. The lowest BCUT2D eigenvalue weighted by atomic mass is 9.74. The molecule has 1 N–H and O–H groups in total. The van der Waals surface area contributed by atoms with Crippen molar-refractivity contribution in [1.82, 2.24) is 19.5 Å². The summed E-state index contributed by atoms with van der Waals surface area (Å²) < 4.78 is 6.11. The molecule has 0 unspecified atom stereocenters. The molecule has 1 spiro atoms. The standard InChI is InChI=1S/C23H24N4O4/c1-2-31-22(30)16-14-25-27-19(16)24-13-17(21(27)29)20(28)26-11-9-23(10-12-26)8-7-15-5-3-4-6-18(15)23/h3-6,13-14,25H,2,7-12H2,1H3. The second-order valence-electron chi connectivity index (χ2n) is 8.27. The number of hydrogen-bond donors (Lipinski definition) is 1. The van der Waals surface area contributed by atoms with Crippen LogP contribution < -0.4 is 5.56 Å². The Hall–Kier alpha value is -3.42. The van der Waals surface area contributed by atoms with Crippen LogP contribution in [0.5, 0.6) is 0 Å². The van der Waals surface area contributed by atoms with Crippen LogP contribution in [0.1, 0.15) is 58.0 Å². The van der Waals surface area contributed by atoms with E-state index in [9.17, 15) is 14.4 Å². The van der Waals surface area contributed by atoms with Gasteiger partial charge in [-0.1, -0.05) is 24.3 Å². The van der Waals surface area contributed by atoms with Gasteiger partial charge in [0.1, 0.15) is 11.1 Å². The van der Waals surface area contributed by atoms with E-state index in [1.807, 2.05) is 0 Å². The molecule has 1 amide bonds. The van der Waals surface area contributed by atoms with Crippen molar-refractivity contribution in [3.63, 3.8) is 0 Å². The van der Waals surface area contributed by atoms with Gasteiger partial charge in [-0.05, 0) is 49.1 Å². The highest BCUT2D eigenvalue weighted by Crippen LogP contribution is 2.46. The normalized spacial score (nSPS) is 17.1. The van der Waals surface area contributed by atoms with E-state index in [0.717, 1.165) is 30.2 Å². The van der Waals surface area contributed by atoms with Gasteiger partial charge < -0.3 is 9.64 Å². The van der Waals surface area contributed by atoms with Crippen molar-refractivity contribution >= 4 is 17.5 Å². The fraction of sp³-hybridized carbons (Fsp3) is 0.391. The summed E-state index contributed by atoms with van der Waals surface area (Å²) in [7, 11) is 0. The molecule has 8 nitrogen and oxygen atoms in total. The summed E-state index contributed by atoms with van der Waals surface area (Å²) in [6.45, 7) is 3.14. The molecule has 1 aromatic carbocycles. The number of fused-ring (bicyclic) bond motifs is 3. The fourth-order valence-electron chi connectivity index (χ4n) is 5.06. The third kappa shape index (κ3) is 3.05. The fourth-order valence-corrected chi connectivity index (χ4v) is 5.06.